The van der Waals surface area contributed by atoms with Crippen LogP contribution in [0.25, 0.3) is 0 Å². The molecular formula is C3H4N2O2S. The van der Waals surface area contributed by atoms with E-state index in [2.05, 4.69) is 9.44 Å². The van der Waals surface area contributed by atoms with Gasteiger partial charge in [0.2, 0.25) is 11.8 Å². The summed E-state index contributed by atoms with van der Waals surface area (Å²) >= 11 is 0.912. The van der Waals surface area contributed by atoms with Crippen molar-refractivity contribution >= 4 is 23.9 Å². The summed E-state index contributed by atoms with van der Waals surface area (Å²) in [7, 11) is 0. The Morgan fingerprint density at radius 2 is 1.75 bits per heavy atom. The van der Waals surface area contributed by atoms with Crippen molar-refractivity contribution in [1.29, 1.82) is 0 Å². The van der Waals surface area contributed by atoms with E-state index in [1.165, 1.54) is 0 Å². The Morgan fingerprint density at radius 3 is 2.00 bits per heavy atom. The summed E-state index contributed by atoms with van der Waals surface area (Å²) in [5.74, 6) is -0.475. The predicted octanol–water partition coefficient (Wildman–Crippen LogP) is -0.814. The highest BCUT2D eigenvalue weighted by Crippen LogP contribution is 1.96. The van der Waals surface area contributed by atoms with Crippen LogP contribution in [0.4, 0.5) is 0 Å². The molecular weight excluding hydrogens is 128 g/mol. The fourth-order valence-corrected chi connectivity index (χ4v) is 0.780. The quantitative estimate of drug-likeness (QED) is 0.334. The highest BCUT2D eigenvalue weighted by atomic mass is 32.2. The molecule has 0 spiro atoms. The second-order valence-electron chi connectivity index (χ2n) is 1.33. The van der Waals surface area contributed by atoms with Crippen molar-refractivity contribution in [2.45, 2.75) is 6.42 Å². The van der Waals surface area contributed by atoms with E-state index < -0.39 is 0 Å². The first-order valence-corrected chi connectivity index (χ1v) is 2.84. The van der Waals surface area contributed by atoms with Gasteiger partial charge in [-0.3, -0.25) is 19.0 Å². The van der Waals surface area contributed by atoms with Crippen LogP contribution in [0, 0.1) is 0 Å². The molecule has 2 amide bonds. The highest BCUT2D eigenvalue weighted by molar-refractivity contribution is 7.96. The number of carbonyl (C=O) groups excluding carboxylic acids is 2. The Bertz CT molecular complexity index is 121. The third-order valence-corrected chi connectivity index (χ3v) is 1.31. The normalized spacial score (nSPS) is 19.5. The molecule has 44 valence electrons. The lowest BCUT2D eigenvalue weighted by Gasteiger charge is -2.09. The van der Waals surface area contributed by atoms with E-state index in [4.69, 9.17) is 0 Å². The summed E-state index contributed by atoms with van der Waals surface area (Å²) in [5.41, 5.74) is 0. The lowest BCUT2D eigenvalue weighted by Crippen LogP contribution is -2.34. The lowest BCUT2D eigenvalue weighted by atomic mass is 10.4. The Balaban J connectivity index is 2.45. The molecule has 1 aliphatic heterocycles. The maximum absolute atomic E-state index is 10.3. The van der Waals surface area contributed by atoms with Crippen molar-refractivity contribution in [3.8, 4) is 0 Å². The number of carbonyl (C=O) groups is 2. The van der Waals surface area contributed by atoms with Crippen molar-refractivity contribution in [1.82, 2.24) is 9.44 Å². The van der Waals surface area contributed by atoms with E-state index in [-0.39, 0.29) is 18.2 Å². The van der Waals surface area contributed by atoms with Crippen molar-refractivity contribution in [2.24, 2.45) is 0 Å². The van der Waals surface area contributed by atoms with Crippen LogP contribution >= 0.6 is 12.1 Å². The van der Waals surface area contributed by atoms with Gasteiger partial charge in [0.1, 0.15) is 6.42 Å². The van der Waals surface area contributed by atoms with E-state index in [1.54, 1.807) is 0 Å². The fourth-order valence-electron chi connectivity index (χ4n) is 0.357. The smallest absolute Gasteiger partial charge is 0.240 e. The van der Waals surface area contributed by atoms with Crippen LogP contribution in [0.15, 0.2) is 0 Å². The molecule has 4 nitrogen and oxygen atoms in total. The van der Waals surface area contributed by atoms with Crippen LogP contribution in [0.5, 0.6) is 0 Å². The zero-order chi connectivity index (χ0) is 5.98. The summed E-state index contributed by atoms with van der Waals surface area (Å²) in [5, 5.41) is 0. The van der Waals surface area contributed by atoms with E-state index >= 15 is 0 Å². The molecule has 0 aromatic carbocycles. The molecule has 8 heavy (non-hydrogen) atoms. The van der Waals surface area contributed by atoms with Crippen LogP contribution in [-0.2, 0) is 9.59 Å². The minimum absolute atomic E-state index is 0.0486. The first kappa shape index (κ1) is 5.43. The number of amides is 2. The zero-order valence-corrected chi connectivity index (χ0v) is 4.75. The lowest BCUT2D eigenvalue weighted by molar-refractivity contribution is -0.127. The molecule has 1 heterocycles. The van der Waals surface area contributed by atoms with Crippen molar-refractivity contribution in [3.05, 3.63) is 0 Å². The van der Waals surface area contributed by atoms with Gasteiger partial charge in [-0.15, -0.1) is 0 Å². The SMILES string of the molecule is O=C1CC(=O)NSN1. The molecule has 2 N–H and O–H groups in total. The van der Waals surface area contributed by atoms with Crippen molar-refractivity contribution in [3.63, 3.8) is 0 Å². The molecule has 0 aromatic heterocycles. The molecule has 0 unspecified atom stereocenters. The minimum Gasteiger partial charge on any atom is -0.282 e. The van der Waals surface area contributed by atoms with Crippen LogP contribution in [-0.4, -0.2) is 11.8 Å². The van der Waals surface area contributed by atoms with E-state index in [0.717, 1.165) is 12.1 Å². The number of hydrogen-bond acceptors (Lipinski definition) is 3. The maximum atomic E-state index is 10.3. The van der Waals surface area contributed by atoms with Crippen LogP contribution in [0.3, 0.4) is 0 Å². The van der Waals surface area contributed by atoms with Crippen LogP contribution in [0.2, 0.25) is 0 Å². The molecule has 0 aromatic rings. The highest BCUT2D eigenvalue weighted by Gasteiger charge is 2.13. The van der Waals surface area contributed by atoms with E-state index in [1.807, 2.05) is 0 Å². The Morgan fingerprint density at radius 1 is 1.25 bits per heavy atom. The van der Waals surface area contributed by atoms with Crippen molar-refractivity contribution < 1.29 is 9.59 Å². The van der Waals surface area contributed by atoms with Gasteiger partial charge in [0.15, 0.2) is 0 Å². The number of rotatable bonds is 0. The second-order valence-corrected chi connectivity index (χ2v) is 1.94. The van der Waals surface area contributed by atoms with Gasteiger partial charge < -0.3 is 0 Å². The molecule has 1 saturated heterocycles. The monoisotopic (exact) mass is 132 g/mol. The van der Waals surface area contributed by atoms with Gasteiger partial charge in [-0.1, -0.05) is 0 Å². The molecule has 5 heteroatoms. The first-order valence-electron chi connectivity index (χ1n) is 2.02. The van der Waals surface area contributed by atoms with Gasteiger partial charge in [0.25, 0.3) is 0 Å². The van der Waals surface area contributed by atoms with Crippen LogP contribution in [0.1, 0.15) is 6.42 Å². The first-order chi connectivity index (χ1) is 3.79. The molecule has 1 rings (SSSR count). The van der Waals surface area contributed by atoms with Gasteiger partial charge in [0.05, 0.1) is 12.1 Å². The fraction of sp³-hybridized carbons (Fsp3) is 0.333. The largest absolute Gasteiger partial charge is 0.282 e. The van der Waals surface area contributed by atoms with Gasteiger partial charge in [0, 0.05) is 0 Å². The second kappa shape index (κ2) is 2.04. The molecule has 0 aliphatic carbocycles. The van der Waals surface area contributed by atoms with Gasteiger partial charge >= 0.3 is 0 Å². The van der Waals surface area contributed by atoms with Gasteiger partial charge in [-0.25, -0.2) is 0 Å². The van der Waals surface area contributed by atoms with Crippen molar-refractivity contribution in [2.75, 3.05) is 0 Å². The topological polar surface area (TPSA) is 58.2 Å². The predicted molar refractivity (Wildman–Crippen MR) is 28.5 cm³/mol. The summed E-state index contributed by atoms with van der Waals surface area (Å²) in [6.45, 7) is 0. The van der Waals surface area contributed by atoms with E-state index in [0.29, 0.717) is 0 Å². The Labute approximate surface area is 50.3 Å². The number of nitrogens with one attached hydrogen (secondary N) is 2. The molecule has 0 saturated carbocycles. The average molecular weight is 132 g/mol. The molecule has 0 radical (unpaired) electrons. The van der Waals surface area contributed by atoms with Gasteiger partial charge in [-0.05, 0) is 0 Å². The average Bonchev–Trinajstić information content (AvgIpc) is 1.64. The zero-order valence-electron chi connectivity index (χ0n) is 3.93. The maximum Gasteiger partial charge on any atom is 0.240 e. The molecule has 0 atom stereocenters. The standard InChI is InChI=1S/C3H4N2O2S/c6-2-1-3(7)5-8-4-2/h1H2,(H,4,6)(H,5,7). The molecule has 0 bridgehead atoms. The van der Waals surface area contributed by atoms with Crippen LogP contribution < -0.4 is 9.44 Å². The summed E-state index contributed by atoms with van der Waals surface area (Å²) in [4.78, 5) is 20.6. The Kier molecular flexibility index (Phi) is 1.38. The number of hydrogen-bond donors (Lipinski definition) is 2. The third kappa shape index (κ3) is 1.13. The molecule has 1 aliphatic rings. The third-order valence-electron chi connectivity index (χ3n) is 0.651. The van der Waals surface area contributed by atoms with Gasteiger partial charge in [-0.2, -0.15) is 0 Å². The Hall–Kier alpha value is -0.710. The van der Waals surface area contributed by atoms with E-state index in [9.17, 15) is 9.59 Å². The molecule has 1 fully saturated rings. The summed E-state index contributed by atoms with van der Waals surface area (Å²) in [6.07, 6.45) is -0.0486. The summed E-state index contributed by atoms with van der Waals surface area (Å²) in [6, 6.07) is 0. The minimum atomic E-state index is -0.237. The summed E-state index contributed by atoms with van der Waals surface area (Å²) < 4.78 is 4.72.